The van der Waals surface area contributed by atoms with Crippen molar-refractivity contribution in [1.29, 1.82) is 0 Å². The lowest BCUT2D eigenvalue weighted by Gasteiger charge is -2.27. The highest BCUT2D eigenvalue weighted by Crippen LogP contribution is 2.12. The maximum atomic E-state index is 13.2. The van der Waals surface area contributed by atoms with Crippen LogP contribution < -0.4 is 27.0 Å². The summed E-state index contributed by atoms with van der Waals surface area (Å²) in [6.45, 7) is -0.371. The number of thioether (sulfide) groups is 1. The van der Waals surface area contributed by atoms with Crippen LogP contribution in [0, 0.1) is 0 Å². The van der Waals surface area contributed by atoms with Crippen LogP contribution in [0.1, 0.15) is 18.9 Å². The summed E-state index contributed by atoms with van der Waals surface area (Å²) in [6, 6.07) is -1.40. The third kappa shape index (κ3) is 11.4. The minimum atomic E-state index is -1.61. The van der Waals surface area contributed by atoms with Crippen LogP contribution in [0.3, 0.4) is 0 Å². The first kappa shape index (κ1) is 34.6. The summed E-state index contributed by atoms with van der Waals surface area (Å²) in [4.78, 5) is 62.4. The monoisotopic (exact) mass is 587 g/mol. The lowest BCUT2D eigenvalue weighted by molar-refractivity contribution is -0.143. The molecule has 4 amide bonds. The molecule has 224 valence electrons. The standard InChI is InChI=1S/C24H37N5O10S/c1-12(32)19(23(37)26-16(7-8-40-2)21(35)28-18(11-31)24(38)39)29-22(36)17(27-20(34)15(25)10-30)9-13-3-5-14(33)6-4-13/h3-6,12,15-19,30-33H,7-11,25H2,1-2H3,(H,26,37)(H,27,34)(H,28,35)(H,29,36)(H,38,39)/t12-,15+,16+,17+,18+,19+/m1/s1. The number of rotatable bonds is 17. The summed E-state index contributed by atoms with van der Waals surface area (Å²) in [5.41, 5.74) is 6.05. The number of carbonyl (C=O) groups excluding carboxylic acids is 4. The molecule has 0 bridgehead atoms. The van der Waals surface area contributed by atoms with Crippen molar-refractivity contribution in [3.8, 4) is 5.75 Å². The molecule has 0 radical (unpaired) electrons. The fourth-order valence-corrected chi connectivity index (χ4v) is 3.79. The van der Waals surface area contributed by atoms with Gasteiger partial charge in [-0.1, -0.05) is 12.1 Å². The molecule has 0 aliphatic carbocycles. The van der Waals surface area contributed by atoms with E-state index in [9.17, 15) is 44.4 Å². The number of amides is 4. The van der Waals surface area contributed by atoms with Gasteiger partial charge in [0.2, 0.25) is 23.6 Å². The molecule has 0 saturated heterocycles. The SMILES string of the molecule is CSCC[C@H](NC(=O)[C@@H](NC(=O)[C@H](Cc1ccc(O)cc1)NC(=O)[C@@H](N)CO)[C@@H](C)O)C(=O)N[C@@H](CO)C(=O)O. The predicted octanol–water partition coefficient (Wildman–Crippen LogP) is -3.60. The predicted molar refractivity (Wildman–Crippen MR) is 144 cm³/mol. The van der Waals surface area contributed by atoms with Gasteiger partial charge in [0.15, 0.2) is 0 Å². The van der Waals surface area contributed by atoms with E-state index in [1.807, 2.05) is 0 Å². The van der Waals surface area contributed by atoms with Gasteiger partial charge in [-0.3, -0.25) is 19.2 Å². The van der Waals surface area contributed by atoms with Crippen LogP contribution >= 0.6 is 11.8 Å². The number of phenolic OH excluding ortho intramolecular Hbond substituents is 1. The molecular formula is C24H37N5O10S. The Labute approximate surface area is 234 Å². The van der Waals surface area contributed by atoms with E-state index in [0.717, 1.165) is 0 Å². The van der Waals surface area contributed by atoms with Gasteiger partial charge in [-0.05, 0) is 43.0 Å². The summed E-state index contributed by atoms with van der Waals surface area (Å²) in [7, 11) is 0. The average Bonchev–Trinajstić information content (AvgIpc) is 2.91. The molecule has 1 rings (SSSR count). The Morgan fingerprint density at radius 1 is 0.850 bits per heavy atom. The maximum absolute atomic E-state index is 13.2. The van der Waals surface area contributed by atoms with Gasteiger partial charge in [0, 0.05) is 6.42 Å². The molecule has 1 aromatic rings. The van der Waals surface area contributed by atoms with Gasteiger partial charge in [0.1, 0.15) is 36.0 Å². The minimum absolute atomic E-state index is 0.0318. The van der Waals surface area contributed by atoms with Crippen LogP contribution in [0.25, 0.3) is 0 Å². The first-order chi connectivity index (χ1) is 18.8. The third-order valence-corrected chi connectivity index (χ3v) is 6.29. The molecule has 15 nitrogen and oxygen atoms in total. The number of nitrogens with two attached hydrogens (primary N) is 1. The van der Waals surface area contributed by atoms with E-state index >= 15 is 0 Å². The second-order valence-corrected chi connectivity index (χ2v) is 9.86. The lowest BCUT2D eigenvalue weighted by Crippen LogP contribution is -2.61. The van der Waals surface area contributed by atoms with Crippen molar-refractivity contribution in [2.24, 2.45) is 5.73 Å². The number of aliphatic hydroxyl groups is 3. The van der Waals surface area contributed by atoms with Gasteiger partial charge in [0.25, 0.3) is 0 Å². The molecule has 1 aromatic carbocycles. The van der Waals surface area contributed by atoms with E-state index in [1.165, 1.54) is 43.0 Å². The van der Waals surface area contributed by atoms with E-state index < -0.39 is 79.1 Å². The summed E-state index contributed by atoms with van der Waals surface area (Å²) in [5.74, 6) is -4.75. The van der Waals surface area contributed by atoms with E-state index in [2.05, 4.69) is 21.3 Å². The van der Waals surface area contributed by atoms with Crippen LogP contribution in [0.2, 0.25) is 0 Å². The molecule has 0 aliphatic heterocycles. The molecule has 16 heteroatoms. The number of hydrogen-bond acceptors (Lipinski definition) is 11. The smallest absolute Gasteiger partial charge is 0.328 e. The second kappa shape index (κ2) is 17.3. The van der Waals surface area contributed by atoms with Gasteiger partial charge < -0.3 is 52.5 Å². The number of hydrogen-bond donors (Lipinski definition) is 10. The average molecular weight is 588 g/mol. The summed E-state index contributed by atoms with van der Waals surface area (Å²) in [6.07, 6.45) is 0.229. The van der Waals surface area contributed by atoms with Gasteiger partial charge in [-0.15, -0.1) is 0 Å². The van der Waals surface area contributed by atoms with E-state index in [1.54, 1.807) is 6.26 Å². The van der Waals surface area contributed by atoms with Crippen molar-refractivity contribution < 1.29 is 49.5 Å². The number of carboxylic acid groups (broad SMARTS) is 1. The Kier molecular flexibility index (Phi) is 15.0. The number of phenols is 1. The molecule has 0 fully saturated rings. The van der Waals surface area contributed by atoms with E-state index in [4.69, 9.17) is 10.8 Å². The zero-order valence-electron chi connectivity index (χ0n) is 22.1. The maximum Gasteiger partial charge on any atom is 0.328 e. The first-order valence-corrected chi connectivity index (χ1v) is 13.6. The highest BCUT2D eigenvalue weighted by atomic mass is 32.2. The van der Waals surface area contributed by atoms with Crippen LogP contribution in [-0.4, -0.2) is 117 Å². The number of benzene rings is 1. The van der Waals surface area contributed by atoms with Crippen molar-refractivity contribution in [2.45, 2.75) is 56.1 Å². The zero-order chi connectivity index (χ0) is 30.4. The van der Waals surface area contributed by atoms with Crippen LogP contribution in [0.4, 0.5) is 0 Å². The van der Waals surface area contributed by atoms with Crippen molar-refractivity contribution in [3.63, 3.8) is 0 Å². The fraction of sp³-hybridized carbons (Fsp3) is 0.542. The molecule has 0 heterocycles. The summed E-state index contributed by atoms with van der Waals surface area (Å²) >= 11 is 1.35. The van der Waals surface area contributed by atoms with Crippen LogP contribution in [-0.2, 0) is 30.4 Å². The molecule has 40 heavy (non-hydrogen) atoms. The van der Waals surface area contributed by atoms with Gasteiger partial charge >= 0.3 is 5.97 Å². The fourth-order valence-electron chi connectivity index (χ4n) is 3.32. The molecular weight excluding hydrogens is 550 g/mol. The largest absolute Gasteiger partial charge is 0.508 e. The van der Waals surface area contributed by atoms with Gasteiger partial charge in [0.05, 0.1) is 19.3 Å². The quantitative estimate of drug-likeness (QED) is 0.0848. The molecule has 0 unspecified atom stereocenters. The van der Waals surface area contributed by atoms with Crippen molar-refractivity contribution in [2.75, 3.05) is 25.2 Å². The Morgan fingerprint density at radius 3 is 1.90 bits per heavy atom. The second-order valence-electron chi connectivity index (χ2n) is 8.87. The third-order valence-electron chi connectivity index (χ3n) is 5.65. The summed E-state index contributed by atoms with van der Waals surface area (Å²) in [5, 5.41) is 56.5. The topological polar surface area (TPSA) is 261 Å². The molecule has 0 aromatic heterocycles. The van der Waals surface area contributed by atoms with Crippen molar-refractivity contribution in [3.05, 3.63) is 29.8 Å². The number of carbonyl (C=O) groups is 5. The van der Waals surface area contributed by atoms with Gasteiger partial charge in [-0.2, -0.15) is 11.8 Å². The van der Waals surface area contributed by atoms with Crippen molar-refractivity contribution in [1.82, 2.24) is 21.3 Å². The lowest BCUT2D eigenvalue weighted by atomic mass is 10.0. The van der Waals surface area contributed by atoms with Gasteiger partial charge in [-0.25, -0.2) is 4.79 Å². The van der Waals surface area contributed by atoms with Crippen LogP contribution in [0.15, 0.2) is 24.3 Å². The molecule has 6 atom stereocenters. The number of carboxylic acids is 1. The molecule has 11 N–H and O–H groups in total. The number of aliphatic hydroxyl groups excluding tert-OH is 3. The van der Waals surface area contributed by atoms with E-state index in [-0.39, 0.29) is 18.6 Å². The van der Waals surface area contributed by atoms with Crippen LogP contribution in [0.5, 0.6) is 5.75 Å². The molecule has 0 saturated carbocycles. The number of nitrogens with one attached hydrogen (secondary N) is 4. The highest BCUT2D eigenvalue weighted by molar-refractivity contribution is 7.98. The Hall–Kier alpha value is -3.44. The Morgan fingerprint density at radius 2 is 1.40 bits per heavy atom. The highest BCUT2D eigenvalue weighted by Gasteiger charge is 2.33. The minimum Gasteiger partial charge on any atom is -0.508 e. The summed E-state index contributed by atoms with van der Waals surface area (Å²) < 4.78 is 0. The Bertz CT molecular complexity index is 1010. The Balaban J connectivity index is 3.13. The normalized spacial score (nSPS) is 15.4. The van der Waals surface area contributed by atoms with Crippen molar-refractivity contribution >= 4 is 41.4 Å². The zero-order valence-corrected chi connectivity index (χ0v) is 22.9. The molecule has 0 spiro atoms. The number of aliphatic carboxylic acids is 1. The first-order valence-electron chi connectivity index (χ1n) is 12.2. The van der Waals surface area contributed by atoms with E-state index in [0.29, 0.717) is 11.3 Å². The molecule has 0 aliphatic rings. The number of aromatic hydroxyl groups is 1.